The highest BCUT2D eigenvalue weighted by Gasteiger charge is 2.31. The van der Waals surface area contributed by atoms with Crippen molar-refractivity contribution >= 4 is 28.9 Å². The minimum absolute atomic E-state index is 0.0893. The Labute approximate surface area is 121 Å². The van der Waals surface area contributed by atoms with Crippen LogP contribution in [0.25, 0.3) is 0 Å². The number of pyridine rings is 1. The van der Waals surface area contributed by atoms with Gasteiger partial charge in [0.05, 0.1) is 16.3 Å². The van der Waals surface area contributed by atoms with E-state index >= 15 is 0 Å². The first kappa shape index (κ1) is 15.3. The van der Waals surface area contributed by atoms with Gasteiger partial charge in [-0.1, -0.05) is 11.6 Å². The lowest BCUT2D eigenvalue weighted by Gasteiger charge is -2.13. The van der Waals surface area contributed by atoms with Gasteiger partial charge < -0.3 is 10.7 Å². The summed E-state index contributed by atoms with van der Waals surface area (Å²) >= 11 is 5.83. The number of anilines is 3. The summed E-state index contributed by atoms with van der Waals surface area (Å²) in [4.78, 5) is 3.80. The van der Waals surface area contributed by atoms with E-state index in [1.165, 1.54) is 6.07 Å². The van der Waals surface area contributed by atoms with Gasteiger partial charge in [0.25, 0.3) is 0 Å². The lowest BCUT2D eigenvalue weighted by atomic mass is 10.2. The molecule has 9 heteroatoms. The third-order valence-electron chi connectivity index (χ3n) is 2.49. The molecule has 0 radical (unpaired) electrons. The summed E-state index contributed by atoms with van der Waals surface area (Å²) in [5.74, 6) is 4.12. The van der Waals surface area contributed by atoms with Gasteiger partial charge in [0.1, 0.15) is 17.5 Å². The first-order valence-corrected chi connectivity index (χ1v) is 5.95. The average Bonchev–Trinajstić information content (AvgIpc) is 2.41. The number of nitrogens with one attached hydrogen (secondary N) is 2. The maximum Gasteiger partial charge on any atom is 0.416 e. The molecular weight excluding hydrogens is 312 g/mol. The standard InChI is InChI=1S/C12H9ClF4N4/c13-8-2-1-7(14)5-9(8)19-10-3-6(12(15,16)17)4-11(20-10)21-18/h1-5H,18H2,(H2,19,20,21). The van der Waals surface area contributed by atoms with Crippen molar-refractivity contribution in [2.24, 2.45) is 5.84 Å². The van der Waals surface area contributed by atoms with E-state index in [1.807, 2.05) is 5.43 Å². The quantitative estimate of drug-likeness (QED) is 0.455. The minimum Gasteiger partial charge on any atom is -0.339 e. The molecule has 0 aliphatic carbocycles. The molecule has 4 nitrogen and oxygen atoms in total. The molecule has 0 saturated carbocycles. The molecule has 0 amide bonds. The van der Waals surface area contributed by atoms with Crippen LogP contribution in [0.4, 0.5) is 34.9 Å². The highest BCUT2D eigenvalue weighted by molar-refractivity contribution is 6.33. The summed E-state index contributed by atoms with van der Waals surface area (Å²) < 4.78 is 51.4. The molecule has 1 aromatic carbocycles. The number of hydrogen-bond acceptors (Lipinski definition) is 4. The SMILES string of the molecule is NNc1cc(C(F)(F)F)cc(Nc2cc(F)ccc2Cl)n1. The van der Waals surface area contributed by atoms with Crippen LogP contribution < -0.4 is 16.6 Å². The topological polar surface area (TPSA) is 63.0 Å². The Balaban J connectivity index is 2.42. The molecule has 0 fully saturated rings. The molecule has 4 N–H and O–H groups in total. The van der Waals surface area contributed by atoms with Gasteiger partial charge in [-0.25, -0.2) is 15.2 Å². The second kappa shape index (κ2) is 5.74. The Morgan fingerprint density at radius 3 is 2.38 bits per heavy atom. The van der Waals surface area contributed by atoms with E-state index in [-0.39, 0.29) is 22.3 Å². The Bertz CT molecular complexity index is 660. The van der Waals surface area contributed by atoms with Crippen LogP contribution in [0.15, 0.2) is 30.3 Å². The van der Waals surface area contributed by atoms with Crippen molar-refractivity contribution in [2.45, 2.75) is 6.18 Å². The van der Waals surface area contributed by atoms with Crippen LogP contribution in [-0.4, -0.2) is 4.98 Å². The third kappa shape index (κ3) is 3.73. The van der Waals surface area contributed by atoms with Gasteiger partial charge in [-0.15, -0.1) is 0 Å². The summed E-state index contributed by atoms with van der Waals surface area (Å²) in [5.41, 5.74) is 1.16. The van der Waals surface area contributed by atoms with E-state index in [9.17, 15) is 17.6 Å². The Morgan fingerprint density at radius 2 is 1.76 bits per heavy atom. The zero-order valence-electron chi connectivity index (χ0n) is 10.3. The predicted molar refractivity (Wildman–Crippen MR) is 71.7 cm³/mol. The summed E-state index contributed by atoms with van der Waals surface area (Å²) in [6.45, 7) is 0. The van der Waals surface area contributed by atoms with Gasteiger partial charge >= 0.3 is 6.18 Å². The molecule has 0 unspecified atom stereocenters. The van der Waals surface area contributed by atoms with Crippen LogP contribution in [0.3, 0.4) is 0 Å². The number of nitrogens with two attached hydrogens (primary N) is 1. The zero-order chi connectivity index (χ0) is 15.6. The van der Waals surface area contributed by atoms with Crippen LogP contribution >= 0.6 is 11.6 Å². The molecule has 2 rings (SSSR count). The first-order chi connectivity index (χ1) is 9.79. The van der Waals surface area contributed by atoms with Crippen molar-refractivity contribution in [3.05, 3.63) is 46.7 Å². The van der Waals surface area contributed by atoms with E-state index in [2.05, 4.69) is 10.3 Å². The zero-order valence-corrected chi connectivity index (χ0v) is 11.1. The van der Waals surface area contributed by atoms with Crippen molar-refractivity contribution in [3.8, 4) is 0 Å². The molecule has 0 bridgehead atoms. The fourth-order valence-corrected chi connectivity index (χ4v) is 1.73. The van der Waals surface area contributed by atoms with Gasteiger partial charge in [-0.05, 0) is 30.3 Å². The van der Waals surface area contributed by atoms with Gasteiger partial charge in [0.15, 0.2) is 0 Å². The number of halogens is 5. The van der Waals surface area contributed by atoms with E-state index < -0.39 is 17.6 Å². The largest absolute Gasteiger partial charge is 0.416 e. The van der Waals surface area contributed by atoms with Gasteiger partial charge in [0.2, 0.25) is 0 Å². The Hall–Kier alpha value is -2.06. The van der Waals surface area contributed by atoms with Gasteiger partial charge in [-0.3, -0.25) is 0 Å². The van der Waals surface area contributed by atoms with Crippen LogP contribution in [-0.2, 0) is 6.18 Å². The minimum atomic E-state index is -4.57. The molecule has 0 atom stereocenters. The van der Waals surface area contributed by atoms with Crippen LogP contribution in [0.5, 0.6) is 0 Å². The molecule has 1 aromatic heterocycles. The number of nitrogens with zero attached hydrogens (tertiary/aromatic N) is 1. The lowest BCUT2D eigenvalue weighted by Crippen LogP contribution is -2.13. The Morgan fingerprint density at radius 1 is 1.10 bits per heavy atom. The molecular formula is C12H9ClF4N4. The smallest absolute Gasteiger partial charge is 0.339 e. The average molecular weight is 321 g/mol. The fraction of sp³-hybridized carbons (Fsp3) is 0.0833. The van der Waals surface area contributed by atoms with Crippen molar-refractivity contribution in [2.75, 3.05) is 10.7 Å². The normalized spacial score (nSPS) is 11.3. The summed E-state index contributed by atoms with van der Waals surface area (Å²) in [5, 5.41) is 2.66. The number of hydrogen-bond donors (Lipinski definition) is 3. The highest BCUT2D eigenvalue weighted by Crippen LogP contribution is 2.33. The summed E-state index contributed by atoms with van der Waals surface area (Å²) in [6, 6.07) is 4.95. The molecule has 21 heavy (non-hydrogen) atoms. The monoisotopic (exact) mass is 320 g/mol. The van der Waals surface area contributed by atoms with Crippen molar-refractivity contribution in [1.29, 1.82) is 0 Å². The number of nitrogen functional groups attached to an aromatic ring is 1. The van der Waals surface area contributed by atoms with Crippen LogP contribution in [0.2, 0.25) is 5.02 Å². The maximum atomic E-state index is 13.1. The number of benzene rings is 1. The number of aromatic nitrogens is 1. The van der Waals surface area contributed by atoms with Crippen molar-refractivity contribution in [3.63, 3.8) is 0 Å². The summed E-state index contributed by atoms with van der Waals surface area (Å²) in [7, 11) is 0. The molecule has 0 saturated heterocycles. The fourth-order valence-electron chi connectivity index (χ4n) is 1.56. The van der Waals surface area contributed by atoms with Gasteiger partial charge in [-0.2, -0.15) is 13.2 Å². The first-order valence-electron chi connectivity index (χ1n) is 5.57. The number of alkyl halides is 3. The van der Waals surface area contributed by atoms with E-state index in [0.717, 1.165) is 24.3 Å². The summed E-state index contributed by atoms with van der Waals surface area (Å²) in [6.07, 6.45) is -4.57. The van der Waals surface area contributed by atoms with E-state index in [0.29, 0.717) is 0 Å². The lowest BCUT2D eigenvalue weighted by molar-refractivity contribution is -0.137. The Kier molecular flexibility index (Phi) is 4.19. The highest BCUT2D eigenvalue weighted by atomic mass is 35.5. The van der Waals surface area contributed by atoms with Crippen molar-refractivity contribution in [1.82, 2.24) is 4.98 Å². The maximum absolute atomic E-state index is 13.1. The molecule has 0 aliphatic heterocycles. The second-order valence-electron chi connectivity index (χ2n) is 4.02. The number of hydrazine groups is 1. The molecule has 0 spiro atoms. The van der Waals surface area contributed by atoms with Gasteiger partial charge in [0, 0.05) is 0 Å². The van der Waals surface area contributed by atoms with Crippen molar-refractivity contribution < 1.29 is 17.6 Å². The molecule has 112 valence electrons. The molecule has 0 aliphatic rings. The third-order valence-corrected chi connectivity index (χ3v) is 2.82. The molecule has 2 aromatic rings. The van der Waals surface area contributed by atoms with Crippen LogP contribution in [0.1, 0.15) is 5.56 Å². The van der Waals surface area contributed by atoms with E-state index in [4.69, 9.17) is 17.4 Å². The number of rotatable bonds is 3. The van der Waals surface area contributed by atoms with E-state index in [1.54, 1.807) is 0 Å². The van der Waals surface area contributed by atoms with Crippen LogP contribution in [0, 0.1) is 5.82 Å². The second-order valence-corrected chi connectivity index (χ2v) is 4.42. The molecule has 1 heterocycles. The predicted octanol–water partition coefficient (Wildman–Crippen LogP) is 3.92.